The molecule has 126 valence electrons. The van der Waals surface area contributed by atoms with Crippen molar-refractivity contribution in [2.24, 2.45) is 5.41 Å². The Hall–Kier alpha value is -0.530. The number of amides is 1. The van der Waals surface area contributed by atoms with Crippen LogP contribution >= 0.6 is 0 Å². The first-order chi connectivity index (χ1) is 9.85. The SMILES string of the molecule is CCCCCCN(C(=O)CC(C)(C)C)C(CCC)CCC. The number of nitrogens with zero attached hydrogens (tertiary/aromatic N) is 1. The van der Waals surface area contributed by atoms with Gasteiger partial charge in [0.2, 0.25) is 5.91 Å². The third kappa shape index (κ3) is 9.92. The van der Waals surface area contributed by atoms with E-state index in [1.807, 2.05) is 0 Å². The highest BCUT2D eigenvalue weighted by Gasteiger charge is 2.25. The van der Waals surface area contributed by atoms with Gasteiger partial charge in [0.25, 0.3) is 0 Å². The number of rotatable bonds is 11. The highest BCUT2D eigenvalue weighted by Crippen LogP contribution is 2.23. The molecule has 0 rings (SSSR count). The van der Waals surface area contributed by atoms with E-state index in [0.29, 0.717) is 18.4 Å². The van der Waals surface area contributed by atoms with Gasteiger partial charge in [0, 0.05) is 19.0 Å². The smallest absolute Gasteiger partial charge is 0.223 e. The Morgan fingerprint density at radius 3 is 1.90 bits per heavy atom. The number of hydrogen-bond acceptors (Lipinski definition) is 1. The molecule has 1 amide bonds. The lowest BCUT2D eigenvalue weighted by atomic mass is 9.90. The van der Waals surface area contributed by atoms with Crippen LogP contribution in [0, 0.1) is 5.41 Å². The van der Waals surface area contributed by atoms with E-state index in [1.165, 1.54) is 32.1 Å². The molecule has 0 radical (unpaired) electrons. The summed E-state index contributed by atoms with van der Waals surface area (Å²) in [5.74, 6) is 0.367. The monoisotopic (exact) mass is 297 g/mol. The molecule has 0 aliphatic heterocycles. The number of carbonyl (C=O) groups excluding carboxylic acids is 1. The molecular weight excluding hydrogens is 258 g/mol. The summed E-state index contributed by atoms with van der Waals surface area (Å²) in [7, 11) is 0. The fraction of sp³-hybridized carbons (Fsp3) is 0.947. The Kier molecular flexibility index (Phi) is 10.8. The zero-order valence-corrected chi connectivity index (χ0v) is 15.5. The third-order valence-corrected chi connectivity index (χ3v) is 3.94. The fourth-order valence-corrected chi connectivity index (χ4v) is 2.90. The van der Waals surface area contributed by atoms with E-state index in [4.69, 9.17) is 0 Å². The van der Waals surface area contributed by atoms with Gasteiger partial charge in [-0.2, -0.15) is 0 Å². The summed E-state index contributed by atoms with van der Waals surface area (Å²) in [4.78, 5) is 15.0. The Balaban J connectivity index is 4.74. The van der Waals surface area contributed by atoms with Crippen molar-refractivity contribution in [1.82, 2.24) is 4.90 Å². The van der Waals surface area contributed by atoms with Crippen LogP contribution in [0.3, 0.4) is 0 Å². The lowest BCUT2D eigenvalue weighted by Crippen LogP contribution is -2.42. The summed E-state index contributed by atoms with van der Waals surface area (Å²) in [6.45, 7) is 14.1. The lowest BCUT2D eigenvalue weighted by molar-refractivity contribution is -0.135. The van der Waals surface area contributed by atoms with Crippen LogP contribution in [-0.2, 0) is 4.79 Å². The van der Waals surface area contributed by atoms with E-state index >= 15 is 0 Å². The van der Waals surface area contributed by atoms with Gasteiger partial charge >= 0.3 is 0 Å². The molecule has 0 fully saturated rings. The maximum absolute atomic E-state index is 12.7. The van der Waals surface area contributed by atoms with Crippen LogP contribution in [0.25, 0.3) is 0 Å². The first-order valence-corrected chi connectivity index (χ1v) is 9.15. The second kappa shape index (κ2) is 11.1. The van der Waals surface area contributed by atoms with Gasteiger partial charge < -0.3 is 4.90 Å². The molecule has 0 spiro atoms. The molecule has 0 atom stereocenters. The molecule has 0 aromatic heterocycles. The van der Waals surface area contributed by atoms with Gasteiger partial charge in [-0.25, -0.2) is 0 Å². The molecule has 0 unspecified atom stereocenters. The van der Waals surface area contributed by atoms with Crippen LogP contribution in [0.5, 0.6) is 0 Å². The van der Waals surface area contributed by atoms with Gasteiger partial charge in [-0.3, -0.25) is 4.79 Å². The van der Waals surface area contributed by atoms with E-state index in [-0.39, 0.29) is 5.41 Å². The Morgan fingerprint density at radius 2 is 1.48 bits per heavy atom. The van der Waals surface area contributed by atoms with E-state index in [0.717, 1.165) is 25.8 Å². The molecule has 0 N–H and O–H groups in total. The standard InChI is InChI=1S/C19H39NO/c1-7-10-11-12-15-20(17(13-8-2)14-9-3)18(21)16-19(4,5)6/h17H,7-16H2,1-6H3. The molecule has 0 aliphatic rings. The summed E-state index contributed by atoms with van der Waals surface area (Å²) in [5, 5.41) is 0. The molecular formula is C19H39NO. The molecule has 0 bridgehead atoms. The van der Waals surface area contributed by atoms with Crippen molar-refractivity contribution in [3.05, 3.63) is 0 Å². The van der Waals surface area contributed by atoms with Crippen LogP contribution in [-0.4, -0.2) is 23.4 Å². The summed E-state index contributed by atoms with van der Waals surface area (Å²) in [5.41, 5.74) is 0.0851. The largest absolute Gasteiger partial charge is 0.340 e. The Bertz CT molecular complexity index is 261. The molecule has 2 heteroatoms. The average molecular weight is 298 g/mol. The van der Waals surface area contributed by atoms with Crippen molar-refractivity contribution in [3.8, 4) is 0 Å². The quantitative estimate of drug-likeness (QED) is 0.441. The first kappa shape index (κ1) is 20.5. The molecule has 0 saturated heterocycles. The summed E-state index contributed by atoms with van der Waals surface area (Å²) in [6.07, 6.45) is 10.3. The fourth-order valence-electron chi connectivity index (χ4n) is 2.90. The van der Waals surface area contributed by atoms with Crippen LogP contribution in [0.1, 0.15) is 99.3 Å². The topological polar surface area (TPSA) is 20.3 Å². The van der Waals surface area contributed by atoms with Crippen molar-refractivity contribution < 1.29 is 4.79 Å². The minimum atomic E-state index is 0.0851. The van der Waals surface area contributed by atoms with Gasteiger partial charge in [-0.1, -0.05) is 73.6 Å². The molecule has 2 nitrogen and oxygen atoms in total. The van der Waals surface area contributed by atoms with E-state index in [2.05, 4.69) is 46.4 Å². The molecule has 0 aromatic carbocycles. The van der Waals surface area contributed by atoms with Gasteiger partial charge in [0.15, 0.2) is 0 Å². The van der Waals surface area contributed by atoms with Gasteiger partial charge in [0.1, 0.15) is 0 Å². The third-order valence-electron chi connectivity index (χ3n) is 3.94. The maximum Gasteiger partial charge on any atom is 0.223 e. The van der Waals surface area contributed by atoms with Gasteiger partial charge in [-0.05, 0) is 24.7 Å². The Morgan fingerprint density at radius 1 is 0.905 bits per heavy atom. The van der Waals surface area contributed by atoms with Crippen molar-refractivity contribution in [3.63, 3.8) is 0 Å². The Labute approximate surface area is 133 Å². The highest BCUT2D eigenvalue weighted by atomic mass is 16.2. The van der Waals surface area contributed by atoms with Crippen LogP contribution in [0.15, 0.2) is 0 Å². The minimum absolute atomic E-state index is 0.0851. The molecule has 0 aliphatic carbocycles. The molecule has 0 heterocycles. The lowest BCUT2D eigenvalue weighted by Gasteiger charge is -2.34. The first-order valence-electron chi connectivity index (χ1n) is 9.15. The van der Waals surface area contributed by atoms with Gasteiger partial charge in [-0.15, -0.1) is 0 Å². The van der Waals surface area contributed by atoms with E-state index < -0.39 is 0 Å². The zero-order chi connectivity index (χ0) is 16.3. The second-order valence-electron chi connectivity index (χ2n) is 7.62. The highest BCUT2D eigenvalue weighted by molar-refractivity contribution is 5.77. The zero-order valence-electron chi connectivity index (χ0n) is 15.5. The van der Waals surface area contributed by atoms with Crippen LogP contribution in [0.4, 0.5) is 0 Å². The number of hydrogen-bond donors (Lipinski definition) is 0. The van der Waals surface area contributed by atoms with Crippen molar-refractivity contribution in [2.45, 2.75) is 105 Å². The average Bonchev–Trinajstić information content (AvgIpc) is 2.36. The predicted octanol–water partition coefficient (Wildman–Crippen LogP) is 5.80. The molecule has 0 saturated carbocycles. The van der Waals surface area contributed by atoms with Crippen molar-refractivity contribution >= 4 is 5.91 Å². The summed E-state index contributed by atoms with van der Waals surface area (Å²) in [6, 6.07) is 0.455. The van der Waals surface area contributed by atoms with Crippen molar-refractivity contribution in [1.29, 1.82) is 0 Å². The second-order valence-corrected chi connectivity index (χ2v) is 7.62. The molecule has 21 heavy (non-hydrogen) atoms. The number of unbranched alkanes of at least 4 members (excludes halogenated alkanes) is 3. The predicted molar refractivity (Wildman–Crippen MR) is 93.5 cm³/mol. The van der Waals surface area contributed by atoms with Crippen molar-refractivity contribution in [2.75, 3.05) is 6.54 Å². The van der Waals surface area contributed by atoms with E-state index in [1.54, 1.807) is 0 Å². The van der Waals surface area contributed by atoms with Crippen LogP contribution in [0.2, 0.25) is 0 Å². The summed E-state index contributed by atoms with van der Waals surface area (Å²) < 4.78 is 0. The summed E-state index contributed by atoms with van der Waals surface area (Å²) >= 11 is 0. The van der Waals surface area contributed by atoms with Crippen LogP contribution < -0.4 is 0 Å². The minimum Gasteiger partial charge on any atom is -0.340 e. The normalized spacial score (nSPS) is 12.0. The molecule has 0 aromatic rings. The number of carbonyl (C=O) groups is 1. The maximum atomic E-state index is 12.7. The van der Waals surface area contributed by atoms with E-state index in [9.17, 15) is 4.79 Å². The van der Waals surface area contributed by atoms with Gasteiger partial charge in [0.05, 0.1) is 0 Å².